The van der Waals surface area contributed by atoms with Gasteiger partial charge in [0.25, 0.3) is 0 Å². The molecule has 0 aromatic heterocycles. The molecule has 0 amide bonds. The summed E-state index contributed by atoms with van der Waals surface area (Å²) in [6.45, 7) is 7.70. The van der Waals surface area contributed by atoms with E-state index in [0.717, 1.165) is 48.4 Å². The maximum absolute atomic E-state index is 12.1. The standard InChI is InChI=1S/C19H30BrN3OS.HI/c1-4-21-19(22-13-15-9-10-16(20)11-14(15)3)23-17-7-6-8-18(12-17)25(24)5-2;/h9-11,17-18H,4-8,12-13H2,1-3H3,(H2,21,22,23);1H. The molecule has 1 aromatic carbocycles. The summed E-state index contributed by atoms with van der Waals surface area (Å²) in [5.41, 5.74) is 2.47. The average Bonchev–Trinajstić information content (AvgIpc) is 2.60. The second-order valence-electron chi connectivity index (χ2n) is 6.57. The predicted octanol–water partition coefficient (Wildman–Crippen LogP) is 4.51. The molecule has 0 aliphatic heterocycles. The van der Waals surface area contributed by atoms with Crippen molar-refractivity contribution >= 4 is 56.7 Å². The van der Waals surface area contributed by atoms with Gasteiger partial charge in [-0.05, 0) is 56.4 Å². The highest BCUT2D eigenvalue weighted by atomic mass is 127. The summed E-state index contributed by atoms with van der Waals surface area (Å²) in [7, 11) is -0.696. The van der Waals surface area contributed by atoms with Crippen LogP contribution in [0.25, 0.3) is 0 Å². The third kappa shape index (κ3) is 7.46. The van der Waals surface area contributed by atoms with E-state index in [2.05, 4.69) is 58.6 Å². The Morgan fingerprint density at radius 1 is 1.35 bits per heavy atom. The third-order valence-corrected chi connectivity index (χ3v) is 6.91. The van der Waals surface area contributed by atoms with Crippen molar-refractivity contribution in [2.24, 2.45) is 4.99 Å². The van der Waals surface area contributed by atoms with Gasteiger partial charge in [-0.25, -0.2) is 4.99 Å². The number of rotatable bonds is 6. The minimum atomic E-state index is -0.696. The molecule has 1 aliphatic rings. The molecule has 0 radical (unpaired) electrons. The fourth-order valence-corrected chi connectivity index (χ4v) is 5.09. The molecule has 3 atom stereocenters. The molecule has 1 aliphatic carbocycles. The molecule has 3 unspecified atom stereocenters. The second-order valence-corrected chi connectivity index (χ2v) is 9.49. The SMILES string of the molecule is CCNC(=NCc1ccc(Br)cc1C)NC1CCCC(S(=O)CC)C1.I. The molecular weight excluding hydrogens is 525 g/mol. The number of guanidine groups is 1. The Morgan fingerprint density at radius 2 is 2.12 bits per heavy atom. The van der Waals surface area contributed by atoms with Crippen LogP contribution in [-0.2, 0) is 17.3 Å². The summed E-state index contributed by atoms with van der Waals surface area (Å²) in [6, 6.07) is 6.66. The lowest BCUT2D eigenvalue weighted by atomic mass is 9.95. The number of hydrogen-bond acceptors (Lipinski definition) is 2. The van der Waals surface area contributed by atoms with E-state index in [1.807, 2.05) is 6.92 Å². The predicted molar refractivity (Wildman–Crippen MR) is 127 cm³/mol. The van der Waals surface area contributed by atoms with E-state index < -0.39 is 10.8 Å². The Bertz CT molecular complexity index is 627. The maximum atomic E-state index is 12.1. The highest BCUT2D eigenvalue weighted by Crippen LogP contribution is 2.23. The molecule has 148 valence electrons. The monoisotopic (exact) mass is 555 g/mol. The van der Waals surface area contributed by atoms with Gasteiger partial charge in [-0.3, -0.25) is 4.21 Å². The topological polar surface area (TPSA) is 53.5 Å². The third-order valence-electron chi connectivity index (χ3n) is 4.68. The van der Waals surface area contributed by atoms with Gasteiger partial charge in [0.15, 0.2) is 5.96 Å². The molecular formula is C19H31BrIN3OS. The zero-order valence-corrected chi connectivity index (χ0v) is 20.6. The first-order valence-corrected chi connectivity index (χ1v) is 11.4. The van der Waals surface area contributed by atoms with Crippen molar-refractivity contribution in [2.75, 3.05) is 12.3 Å². The van der Waals surface area contributed by atoms with Crippen LogP contribution in [-0.4, -0.2) is 33.8 Å². The van der Waals surface area contributed by atoms with Crippen LogP contribution in [0.3, 0.4) is 0 Å². The van der Waals surface area contributed by atoms with Gasteiger partial charge in [-0.1, -0.05) is 35.3 Å². The van der Waals surface area contributed by atoms with Gasteiger partial charge in [0.2, 0.25) is 0 Å². The molecule has 0 spiro atoms. The van der Waals surface area contributed by atoms with Crippen LogP contribution in [0.4, 0.5) is 0 Å². The van der Waals surface area contributed by atoms with Crippen molar-refractivity contribution < 1.29 is 4.21 Å². The number of aryl methyl sites for hydroxylation is 1. The Balaban J connectivity index is 0.00000338. The van der Waals surface area contributed by atoms with Crippen LogP contribution in [0.15, 0.2) is 27.7 Å². The van der Waals surface area contributed by atoms with E-state index in [1.54, 1.807) is 0 Å². The molecule has 2 N–H and O–H groups in total. The van der Waals surface area contributed by atoms with E-state index in [-0.39, 0.29) is 24.0 Å². The molecule has 1 saturated carbocycles. The summed E-state index contributed by atoms with van der Waals surface area (Å²) >= 11 is 3.50. The number of nitrogens with zero attached hydrogens (tertiary/aromatic N) is 1. The van der Waals surface area contributed by atoms with Crippen LogP contribution < -0.4 is 10.6 Å². The second kappa shape index (κ2) is 12.3. The molecule has 0 heterocycles. The van der Waals surface area contributed by atoms with Crippen molar-refractivity contribution in [3.8, 4) is 0 Å². The van der Waals surface area contributed by atoms with Crippen molar-refractivity contribution in [1.82, 2.24) is 10.6 Å². The fourth-order valence-electron chi connectivity index (χ4n) is 3.26. The zero-order valence-electron chi connectivity index (χ0n) is 15.9. The number of halogens is 2. The lowest BCUT2D eigenvalue weighted by Crippen LogP contribution is -2.46. The van der Waals surface area contributed by atoms with Gasteiger partial charge < -0.3 is 10.6 Å². The molecule has 4 nitrogen and oxygen atoms in total. The normalized spacial score (nSPS) is 21.6. The summed E-state index contributed by atoms with van der Waals surface area (Å²) in [6.07, 6.45) is 4.32. The highest BCUT2D eigenvalue weighted by molar-refractivity contribution is 14.0. The van der Waals surface area contributed by atoms with Gasteiger partial charge in [0.05, 0.1) is 6.54 Å². The summed E-state index contributed by atoms with van der Waals surface area (Å²) < 4.78 is 13.2. The Morgan fingerprint density at radius 3 is 2.77 bits per heavy atom. The first-order chi connectivity index (χ1) is 12.0. The minimum absolute atomic E-state index is 0. The van der Waals surface area contributed by atoms with Gasteiger partial charge in [-0.15, -0.1) is 24.0 Å². The Kier molecular flexibility index (Phi) is 11.3. The van der Waals surface area contributed by atoms with E-state index in [4.69, 9.17) is 4.99 Å². The van der Waals surface area contributed by atoms with E-state index in [1.165, 1.54) is 11.1 Å². The van der Waals surface area contributed by atoms with Crippen LogP contribution in [0.1, 0.15) is 50.7 Å². The number of hydrogen-bond donors (Lipinski definition) is 2. The van der Waals surface area contributed by atoms with Crippen LogP contribution in [0, 0.1) is 6.92 Å². The van der Waals surface area contributed by atoms with E-state index >= 15 is 0 Å². The molecule has 26 heavy (non-hydrogen) atoms. The summed E-state index contributed by atoms with van der Waals surface area (Å²) in [5.74, 6) is 1.62. The largest absolute Gasteiger partial charge is 0.357 e. The van der Waals surface area contributed by atoms with Crippen LogP contribution in [0.5, 0.6) is 0 Å². The lowest BCUT2D eigenvalue weighted by Gasteiger charge is -2.30. The quantitative estimate of drug-likeness (QED) is 0.308. The van der Waals surface area contributed by atoms with Crippen molar-refractivity contribution in [1.29, 1.82) is 0 Å². The molecule has 1 fully saturated rings. The lowest BCUT2D eigenvalue weighted by molar-refractivity contribution is 0.413. The summed E-state index contributed by atoms with van der Waals surface area (Å²) in [4.78, 5) is 4.76. The first kappa shape index (κ1) is 23.9. The van der Waals surface area contributed by atoms with E-state index in [9.17, 15) is 4.21 Å². The van der Waals surface area contributed by atoms with Crippen molar-refractivity contribution in [2.45, 2.75) is 64.3 Å². The smallest absolute Gasteiger partial charge is 0.191 e. The number of nitrogens with one attached hydrogen (secondary N) is 2. The minimum Gasteiger partial charge on any atom is -0.357 e. The van der Waals surface area contributed by atoms with Crippen LogP contribution in [0.2, 0.25) is 0 Å². The summed E-state index contributed by atoms with van der Waals surface area (Å²) in [5, 5.41) is 7.23. The van der Waals surface area contributed by atoms with Crippen LogP contribution >= 0.6 is 39.9 Å². The molecule has 2 rings (SSSR count). The molecule has 1 aromatic rings. The molecule has 0 saturated heterocycles. The van der Waals surface area contributed by atoms with Gasteiger partial charge in [0, 0.05) is 38.9 Å². The van der Waals surface area contributed by atoms with E-state index in [0.29, 0.717) is 17.8 Å². The van der Waals surface area contributed by atoms with Gasteiger partial charge >= 0.3 is 0 Å². The Hall–Kier alpha value is -0.150. The zero-order chi connectivity index (χ0) is 18.2. The van der Waals surface area contributed by atoms with Crippen molar-refractivity contribution in [3.05, 3.63) is 33.8 Å². The first-order valence-electron chi connectivity index (χ1n) is 9.20. The van der Waals surface area contributed by atoms with Gasteiger partial charge in [-0.2, -0.15) is 0 Å². The Labute approximate surface area is 186 Å². The molecule has 7 heteroatoms. The molecule has 0 bridgehead atoms. The number of aliphatic imine (C=N–C) groups is 1. The average molecular weight is 556 g/mol. The number of benzene rings is 1. The maximum Gasteiger partial charge on any atom is 0.191 e. The van der Waals surface area contributed by atoms with Gasteiger partial charge in [0.1, 0.15) is 0 Å². The highest BCUT2D eigenvalue weighted by Gasteiger charge is 2.26. The van der Waals surface area contributed by atoms with Crippen molar-refractivity contribution in [3.63, 3.8) is 0 Å². The fraction of sp³-hybridized carbons (Fsp3) is 0.632.